The largest absolute Gasteiger partial charge is 0.298 e. The van der Waals surface area contributed by atoms with Crippen LogP contribution in [-0.4, -0.2) is 16.1 Å². The number of nitrogens with zero attached hydrogens (tertiary/aromatic N) is 2. The molecule has 0 fully saturated rings. The Morgan fingerprint density at radius 2 is 2.00 bits per heavy atom. The average Bonchev–Trinajstić information content (AvgIpc) is 2.67. The van der Waals surface area contributed by atoms with E-state index in [4.69, 9.17) is 0 Å². The summed E-state index contributed by atoms with van der Waals surface area (Å²) in [6.45, 7) is 2.03. The Bertz CT molecular complexity index is 443. The molecule has 0 aliphatic heterocycles. The summed E-state index contributed by atoms with van der Waals surface area (Å²) in [5.41, 5.74) is 2.76. The van der Waals surface area contributed by atoms with E-state index >= 15 is 0 Å². The van der Waals surface area contributed by atoms with E-state index in [9.17, 15) is 4.79 Å². The number of rotatable bonds is 2. The first-order valence-corrected chi connectivity index (χ1v) is 4.36. The minimum Gasteiger partial charge on any atom is -0.298 e. The Labute approximate surface area is 82.0 Å². The molecule has 1 heterocycles. The lowest BCUT2D eigenvalue weighted by Gasteiger charge is -2.00. The van der Waals surface area contributed by atoms with Crippen molar-refractivity contribution in [3.63, 3.8) is 0 Å². The topological polar surface area (TPSA) is 34.9 Å². The minimum atomic E-state index is 0.588. The van der Waals surface area contributed by atoms with E-state index < -0.39 is 0 Å². The van der Waals surface area contributed by atoms with Gasteiger partial charge in [-0.2, -0.15) is 5.10 Å². The van der Waals surface area contributed by atoms with Gasteiger partial charge in [0.2, 0.25) is 0 Å². The van der Waals surface area contributed by atoms with Crippen molar-refractivity contribution in [2.75, 3.05) is 0 Å². The summed E-state index contributed by atoms with van der Waals surface area (Å²) in [5, 5.41) is 4.07. The Hall–Kier alpha value is -1.90. The maximum Gasteiger partial charge on any atom is 0.153 e. The van der Waals surface area contributed by atoms with Crippen LogP contribution in [0.5, 0.6) is 0 Å². The molecule has 0 saturated heterocycles. The van der Waals surface area contributed by atoms with Crippen molar-refractivity contribution < 1.29 is 4.79 Å². The predicted octanol–water partition coefficient (Wildman–Crippen LogP) is 1.99. The second-order valence-corrected chi connectivity index (χ2v) is 3.17. The average molecular weight is 186 g/mol. The third-order valence-electron chi connectivity index (χ3n) is 2.04. The van der Waals surface area contributed by atoms with E-state index in [-0.39, 0.29) is 0 Å². The number of aromatic nitrogens is 2. The van der Waals surface area contributed by atoms with Crippen LogP contribution < -0.4 is 0 Å². The van der Waals surface area contributed by atoms with Gasteiger partial charge in [0.15, 0.2) is 6.29 Å². The van der Waals surface area contributed by atoms with E-state index in [2.05, 4.69) is 5.10 Å². The van der Waals surface area contributed by atoms with Crippen LogP contribution in [0.2, 0.25) is 0 Å². The molecule has 2 rings (SSSR count). The van der Waals surface area contributed by atoms with Crippen molar-refractivity contribution >= 4 is 6.29 Å². The van der Waals surface area contributed by atoms with Crippen LogP contribution in [0.4, 0.5) is 0 Å². The summed E-state index contributed by atoms with van der Waals surface area (Å²) in [7, 11) is 0. The second-order valence-electron chi connectivity index (χ2n) is 3.17. The number of hydrogen-bond donors (Lipinski definition) is 0. The number of aldehydes is 1. The van der Waals surface area contributed by atoms with Crippen molar-refractivity contribution in [3.05, 3.63) is 47.8 Å². The van der Waals surface area contributed by atoms with Crippen molar-refractivity contribution in [2.24, 2.45) is 0 Å². The quantitative estimate of drug-likeness (QED) is 0.672. The summed E-state index contributed by atoms with van der Waals surface area (Å²) in [4.78, 5) is 10.5. The van der Waals surface area contributed by atoms with Crippen LogP contribution in [0, 0.1) is 6.92 Å². The van der Waals surface area contributed by atoms with Gasteiger partial charge in [-0.05, 0) is 19.1 Å². The fourth-order valence-corrected chi connectivity index (χ4v) is 1.24. The molecule has 0 unspecified atom stereocenters. The van der Waals surface area contributed by atoms with Gasteiger partial charge in [0.1, 0.15) is 0 Å². The maximum atomic E-state index is 10.5. The highest BCUT2D eigenvalue weighted by Crippen LogP contribution is 2.08. The molecule has 0 radical (unpaired) electrons. The highest BCUT2D eigenvalue weighted by atomic mass is 16.1. The smallest absolute Gasteiger partial charge is 0.153 e. The summed E-state index contributed by atoms with van der Waals surface area (Å²) in [6, 6.07) is 7.96. The lowest BCUT2D eigenvalue weighted by atomic mass is 10.2. The second kappa shape index (κ2) is 3.46. The van der Waals surface area contributed by atoms with E-state index in [1.165, 1.54) is 5.56 Å². The molecule has 3 heteroatoms. The zero-order valence-corrected chi connectivity index (χ0v) is 7.84. The summed E-state index contributed by atoms with van der Waals surface area (Å²) < 4.78 is 1.68. The summed E-state index contributed by atoms with van der Waals surface area (Å²) in [6.07, 6.45) is 4.04. The highest BCUT2D eigenvalue weighted by Gasteiger charge is 1.98. The first kappa shape index (κ1) is 8.69. The third kappa shape index (κ3) is 1.57. The molecule has 3 nitrogen and oxygen atoms in total. The molecule has 70 valence electrons. The van der Waals surface area contributed by atoms with Gasteiger partial charge in [0, 0.05) is 6.20 Å². The number of carbonyl (C=O) groups excluding carboxylic acids is 1. The van der Waals surface area contributed by atoms with Gasteiger partial charge in [0.25, 0.3) is 0 Å². The number of aryl methyl sites for hydroxylation is 1. The van der Waals surface area contributed by atoms with Crippen LogP contribution in [0.15, 0.2) is 36.7 Å². The number of benzene rings is 1. The molecule has 0 aliphatic rings. The number of hydrogen-bond acceptors (Lipinski definition) is 2. The molecule has 0 bridgehead atoms. The molecule has 1 aromatic heterocycles. The van der Waals surface area contributed by atoms with Crippen LogP contribution in [-0.2, 0) is 0 Å². The lowest BCUT2D eigenvalue weighted by molar-refractivity contribution is 0.112. The zero-order valence-electron chi connectivity index (χ0n) is 7.84. The van der Waals surface area contributed by atoms with Crippen molar-refractivity contribution in [2.45, 2.75) is 6.92 Å². The summed E-state index contributed by atoms with van der Waals surface area (Å²) in [5.74, 6) is 0. The Morgan fingerprint density at radius 3 is 2.57 bits per heavy atom. The zero-order chi connectivity index (χ0) is 9.97. The van der Waals surface area contributed by atoms with Crippen LogP contribution >= 0.6 is 0 Å². The van der Waals surface area contributed by atoms with E-state index in [1.54, 1.807) is 17.1 Å². The van der Waals surface area contributed by atoms with Gasteiger partial charge in [-0.3, -0.25) is 4.79 Å². The van der Waals surface area contributed by atoms with E-state index in [0.717, 1.165) is 12.0 Å². The van der Waals surface area contributed by atoms with Crippen molar-refractivity contribution in [1.82, 2.24) is 9.78 Å². The van der Waals surface area contributed by atoms with Gasteiger partial charge in [0.05, 0.1) is 17.4 Å². The third-order valence-corrected chi connectivity index (χ3v) is 2.04. The minimum absolute atomic E-state index is 0.588. The molecular weight excluding hydrogens is 176 g/mol. The molecule has 0 aliphatic carbocycles. The molecule has 0 saturated carbocycles. The maximum absolute atomic E-state index is 10.5. The molecule has 0 atom stereocenters. The standard InChI is InChI=1S/C11H10N2O/c1-9-2-4-11(5-3-9)13-7-10(8-14)6-12-13/h2-8H,1H3. The van der Waals surface area contributed by atoms with Gasteiger partial charge in [-0.15, -0.1) is 0 Å². The molecule has 1 aromatic carbocycles. The molecular formula is C11H10N2O. The van der Waals surface area contributed by atoms with E-state index in [0.29, 0.717) is 5.56 Å². The molecule has 0 N–H and O–H groups in total. The van der Waals surface area contributed by atoms with Gasteiger partial charge in [-0.1, -0.05) is 17.7 Å². The van der Waals surface area contributed by atoms with Gasteiger partial charge in [-0.25, -0.2) is 4.68 Å². The SMILES string of the molecule is Cc1ccc(-n2cc(C=O)cn2)cc1. The van der Waals surface area contributed by atoms with Crippen LogP contribution in [0.1, 0.15) is 15.9 Å². The number of carbonyl (C=O) groups is 1. The molecule has 14 heavy (non-hydrogen) atoms. The predicted molar refractivity (Wildman–Crippen MR) is 53.7 cm³/mol. The Kier molecular flexibility index (Phi) is 2.14. The van der Waals surface area contributed by atoms with Crippen LogP contribution in [0.25, 0.3) is 5.69 Å². The van der Waals surface area contributed by atoms with E-state index in [1.807, 2.05) is 31.2 Å². The first-order valence-electron chi connectivity index (χ1n) is 4.36. The fourth-order valence-electron chi connectivity index (χ4n) is 1.24. The Morgan fingerprint density at radius 1 is 1.29 bits per heavy atom. The van der Waals surface area contributed by atoms with Crippen molar-refractivity contribution in [3.8, 4) is 5.69 Å². The summed E-state index contributed by atoms with van der Waals surface area (Å²) >= 11 is 0. The van der Waals surface area contributed by atoms with Crippen LogP contribution in [0.3, 0.4) is 0 Å². The lowest BCUT2D eigenvalue weighted by Crippen LogP contribution is -1.93. The Balaban J connectivity index is 2.39. The molecule has 0 spiro atoms. The van der Waals surface area contributed by atoms with Gasteiger partial charge >= 0.3 is 0 Å². The molecule has 2 aromatic rings. The highest BCUT2D eigenvalue weighted by molar-refractivity contribution is 5.73. The van der Waals surface area contributed by atoms with Crippen molar-refractivity contribution in [1.29, 1.82) is 0 Å². The molecule has 0 amide bonds. The first-order chi connectivity index (χ1) is 6.79. The normalized spacial score (nSPS) is 10.1. The monoisotopic (exact) mass is 186 g/mol. The van der Waals surface area contributed by atoms with Gasteiger partial charge < -0.3 is 0 Å². The fraction of sp³-hybridized carbons (Fsp3) is 0.0909.